The Bertz CT molecular complexity index is 378. The third-order valence-corrected chi connectivity index (χ3v) is 4.02. The molecule has 2 fully saturated rings. The van der Waals surface area contributed by atoms with Crippen molar-refractivity contribution in [2.45, 2.75) is 64.6 Å². The van der Waals surface area contributed by atoms with Crippen LogP contribution in [0.2, 0.25) is 0 Å². The first-order valence-corrected chi connectivity index (χ1v) is 7.34. The third-order valence-electron chi connectivity index (χ3n) is 4.02. The molecule has 1 unspecified atom stereocenters. The smallest absolute Gasteiger partial charge is 0.252 e. The summed E-state index contributed by atoms with van der Waals surface area (Å²) in [5.74, 6) is 0.746. The highest BCUT2D eigenvalue weighted by atomic mass is 16.2. The molecule has 5 heteroatoms. The predicted molar refractivity (Wildman–Crippen MR) is 77.1 cm³/mol. The van der Waals surface area contributed by atoms with Crippen molar-refractivity contribution in [2.24, 2.45) is 4.99 Å². The maximum atomic E-state index is 12.3. The number of likely N-dealkylation sites (tertiary alicyclic amines) is 1. The minimum Gasteiger partial charge on any atom is -0.342 e. The normalized spacial score (nSPS) is 31.1. The average molecular weight is 266 g/mol. The van der Waals surface area contributed by atoms with Crippen molar-refractivity contribution in [1.29, 1.82) is 0 Å². The summed E-state index contributed by atoms with van der Waals surface area (Å²) < 4.78 is 0. The van der Waals surface area contributed by atoms with Crippen LogP contribution in [0.15, 0.2) is 4.99 Å². The first kappa shape index (κ1) is 14.3. The second-order valence-corrected chi connectivity index (χ2v) is 6.22. The average Bonchev–Trinajstić information content (AvgIpc) is 2.49. The van der Waals surface area contributed by atoms with Crippen molar-refractivity contribution in [3.8, 4) is 0 Å². The van der Waals surface area contributed by atoms with Gasteiger partial charge in [0, 0.05) is 18.6 Å². The summed E-state index contributed by atoms with van der Waals surface area (Å²) in [5, 5.41) is 6.25. The number of nitrogens with zero attached hydrogens (tertiary/aromatic N) is 2. The van der Waals surface area contributed by atoms with Gasteiger partial charge in [-0.2, -0.15) is 0 Å². The highest BCUT2D eigenvalue weighted by Gasteiger charge is 2.45. The van der Waals surface area contributed by atoms with E-state index in [1.165, 1.54) is 0 Å². The fraction of sp³-hybridized carbons (Fsp3) is 0.857. The van der Waals surface area contributed by atoms with E-state index in [0.29, 0.717) is 12.0 Å². The Morgan fingerprint density at radius 3 is 2.58 bits per heavy atom. The molecule has 2 N–H and O–H groups in total. The van der Waals surface area contributed by atoms with Crippen LogP contribution in [-0.2, 0) is 4.79 Å². The maximum absolute atomic E-state index is 12.3. The van der Waals surface area contributed by atoms with Gasteiger partial charge in [0.05, 0.1) is 0 Å². The Morgan fingerprint density at radius 1 is 1.21 bits per heavy atom. The van der Waals surface area contributed by atoms with Gasteiger partial charge in [-0.25, -0.2) is 0 Å². The van der Waals surface area contributed by atoms with Gasteiger partial charge in [0.15, 0.2) is 5.96 Å². The standard InChI is InChI=1S/C14H26N4O/c1-10(2)15-13-16-12(19)14(17-13)6-5-8-18(9-7-14)11(3)4/h10-11H,5-9H2,1-4H3,(H2,15,16,17,19). The predicted octanol–water partition coefficient (Wildman–Crippen LogP) is 1.10. The highest BCUT2D eigenvalue weighted by molar-refractivity contribution is 6.09. The Morgan fingerprint density at radius 2 is 1.95 bits per heavy atom. The number of amides is 1. The molecule has 0 aliphatic carbocycles. The van der Waals surface area contributed by atoms with Gasteiger partial charge >= 0.3 is 0 Å². The second-order valence-electron chi connectivity index (χ2n) is 6.22. The van der Waals surface area contributed by atoms with Crippen LogP contribution in [0.25, 0.3) is 0 Å². The van der Waals surface area contributed by atoms with Crippen molar-refractivity contribution >= 4 is 11.9 Å². The van der Waals surface area contributed by atoms with E-state index in [1.54, 1.807) is 0 Å². The second kappa shape index (κ2) is 5.49. The molecule has 2 rings (SSSR count). The summed E-state index contributed by atoms with van der Waals surface area (Å²) in [7, 11) is 0. The number of aliphatic imine (C=N–C) groups is 1. The zero-order chi connectivity index (χ0) is 14.0. The fourth-order valence-corrected chi connectivity index (χ4v) is 2.89. The molecule has 5 nitrogen and oxygen atoms in total. The number of carbonyl (C=O) groups is 1. The molecule has 2 heterocycles. The van der Waals surface area contributed by atoms with E-state index < -0.39 is 5.54 Å². The largest absolute Gasteiger partial charge is 0.342 e. The number of hydrogen-bond donors (Lipinski definition) is 2. The van der Waals surface area contributed by atoms with Crippen molar-refractivity contribution < 1.29 is 4.79 Å². The quantitative estimate of drug-likeness (QED) is 0.787. The molecule has 2 aliphatic rings. The van der Waals surface area contributed by atoms with Crippen molar-refractivity contribution in [1.82, 2.24) is 15.5 Å². The van der Waals surface area contributed by atoms with Crippen molar-refractivity contribution in [3.63, 3.8) is 0 Å². The van der Waals surface area contributed by atoms with Gasteiger partial charge in [-0.15, -0.1) is 0 Å². The maximum Gasteiger partial charge on any atom is 0.252 e. The van der Waals surface area contributed by atoms with E-state index in [-0.39, 0.29) is 11.9 Å². The summed E-state index contributed by atoms with van der Waals surface area (Å²) in [6.07, 6.45) is 2.79. The monoisotopic (exact) mass is 266 g/mol. The molecule has 0 saturated carbocycles. The van der Waals surface area contributed by atoms with E-state index >= 15 is 0 Å². The van der Waals surface area contributed by atoms with E-state index in [2.05, 4.69) is 34.4 Å². The lowest BCUT2D eigenvalue weighted by molar-refractivity contribution is -0.124. The van der Waals surface area contributed by atoms with E-state index in [0.717, 1.165) is 32.4 Å². The molecule has 1 atom stereocenters. The minimum absolute atomic E-state index is 0.0949. The molecule has 0 aromatic rings. The van der Waals surface area contributed by atoms with Gasteiger partial charge in [-0.1, -0.05) is 0 Å². The van der Waals surface area contributed by atoms with Gasteiger partial charge in [0.2, 0.25) is 0 Å². The number of hydrogen-bond acceptors (Lipinski definition) is 3. The van der Waals surface area contributed by atoms with Gasteiger partial charge in [-0.3, -0.25) is 15.1 Å². The van der Waals surface area contributed by atoms with Crippen LogP contribution in [-0.4, -0.2) is 47.5 Å². The van der Waals surface area contributed by atoms with E-state index in [9.17, 15) is 4.79 Å². The first-order chi connectivity index (χ1) is 8.93. The topological polar surface area (TPSA) is 56.7 Å². The summed E-state index contributed by atoms with van der Waals surface area (Å²) >= 11 is 0. The molecule has 19 heavy (non-hydrogen) atoms. The SMILES string of the molecule is CC(C)N=C1NC(=O)C2(CCCN(C(C)C)CC2)N1. The summed E-state index contributed by atoms with van der Waals surface area (Å²) in [5.41, 5.74) is -0.433. The molecule has 0 radical (unpaired) electrons. The lowest BCUT2D eigenvalue weighted by Crippen LogP contribution is -2.47. The van der Waals surface area contributed by atoms with Gasteiger partial charge in [-0.05, 0) is 53.5 Å². The van der Waals surface area contributed by atoms with E-state index in [1.807, 2.05) is 13.8 Å². The van der Waals surface area contributed by atoms with Crippen molar-refractivity contribution in [2.75, 3.05) is 13.1 Å². The Hall–Kier alpha value is -1.10. The van der Waals surface area contributed by atoms with Gasteiger partial charge in [0.25, 0.3) is 5.91 Å². The van der Waals surface area contributed by atoms with E-state index in [4.69, 9.17) is 0 Å². The minimum atomic E-state index is -0.433. The molecule has 0 aromatic carbocycles. The number of rotatable bonds is 2. The van der Waals surface area contributed by atoms with Gasteiger partial charge < -0.3 is 10.2 Å². The molecule has 1 amide bonds. The van der Waals surface area contributed by atoms with Crippen molar-refractivity contribution in [3.05, 3.63) is 0 Å². The molecule has 108 valence electrons. The van der Waals surface area contributed by atoms with Crippen LogP contribution in [0.3, 0.4) is 0 Å². The third kappa shape index (κ3) is 3.08. The molecular weight excluding hydrogens is 240 g/mol. The summed E-state index contributed by atoms with van der Waals surface area (Å²) in [4.78, 5) is 19.2. The van der Waals surface area contributed by atoms with Crippen LogP contribution in [0.5, 0.6) is 0 Å². The van der Waals surface area contributed by atoms with Crippen LogP contribution < -0.4 is 10.6 Å². The molecule has 0 aromatic heterocycles. The van der Waals surface area contributed by atoms with Gasteiger partial charge in [0.1, 0.15) is 5.54 Å². The lowest BCUT2D eigenvalue weighted by Gasteiger charge is -2.26. The van der Waals surface area contributed by atoms with Crippen LogP contribution in [0.4, 0.5) is 0 Å². The Kier molecular flexibility index (Phi) is 4.13. The number of carbonyl (C=O) groups excluding carboxylic acids is 1. The highest BCUT2D eigenvalue weighted by Crippen LogP contribution is 2.26. The van der Waals surface area contributed by atoms with Crippen LogP contribution >= 0.6 is 0 Å². The molecule has 2 saturated heterocycles. The van der Waals surface area contributed by atoms with Crippen LogP contribution in [0.1, 0.15) is 47.0 Å². The number of guanidine groups is 1. The fourth-order valence-electron chi connectivity index (χ4n) is 2.89. The zero-order valence-corrected chi connectivity index (χ0v) is 12.5. The summed E-state index contributed by atoms with van der Waals surface area (Å²) in [6.45, 7) is 10.5. The first-order valence-electron chi connectivity index (χ1n) is 7.34. The Balaban J connectivity index is 2.09. The molecule has 2 aliphatic heterocycles. The summed E-state index contributed by atoms with van der Waals surface area (Å²) in [6, 6.07) is 0.735. The molecule has 1 spiro atoms. The lowest BCUT2D eigenvalue weighted by atomic mass is 9.91. The number of nitrogens with one attached hydrogen (secondary N) is 2. The Labute approximate surface area is 115 Å². The zero-order valence-electron chi connectivity index (χ0n) is 12.5. The van der Waals surface area contributed by atoms with Crippen LogP contribution in [0, 0.1) is 0 Å². The molecular formula is C14H26N4O. The molecule has 0 bridgehead atoms.